The number of benzene rings is 3. The number of anilines is 2. The van der Waals surface area contributed by atoms with Gasteiger partial charge in [0.1, 0.15) is 12.1 Å². The van der Waals surface area contributed by atoms with Gasteiger partial charge in [0.15, 0.2) is 5.65 Å². The normalized spacial score (nSPS) is 13.9. The van der Waals surface area contributed by atoms with E-state index in [2.05, 4.69) is 54.4 Å². The molecule has 0 saturated carbocycles. The van der Waals surface area contributed by atoms with E-state index in [1.807, 2.05) is 59.4 Å². The molecule has 6 rings (SSSR count). The number of nitrogens with zero attached hydrogens (tertiary/aromatic N) is 6. The summed E-state index contributed by atoms with van der Waals surface area (Å²) < 4.78 is 1.83. The summed E-state index contributed by atoms with van der Waals surface area (Å²) >= 11 is 0. The monoisotopic (exact) mass is 477 g/mol. The molecule has 0 radical (unpaired) electrons. The first-order valence-electron chi connectivity index (χ1n) is 12.2. The van der Waals surface area contributed by atoms with Crippen LogP contribution in [0.1, 0.15) is 10.4 Å². The summed E-state index contributed by atoms with van der Waals surface area (Å²) in [5.74, 6) is 0.822. The lowest BCUT2D eigenvalue weighted by Gasteiger charge is -2.36. The number of hydrogen-bond donors (Lipinski definition) is 1. The molecule has 1 aliphatic rings. The summed E-state index contributed by atoms with van der Waals surface area (Å²) in [4.78, 5) is 26.5. The fraction of sp³-hybridized carbons (Fsp3) is 0.214. The molecule has 0 spiro atoms. The van der Waals surface area contributed by atoms with Crippen LogP contribution in [0.25, 0.3) is 21.8 Å². The Balaban J connectivity index is 1.10. The molecule has 5 aromatic rings. The van der Waals surface area contributed by atoms with Crippen molar-refractivity contribution < 1.29 is 4.79 Å². The van der Waals surface area contributed by atoms with Crippen molar-refractivity contribution in [2.24, 2.45) is 0 Å². The number of fused-ring (bicyclic) bond motifs is 2. The Bertz CT molecular complexity index is 1510. The maximum atomic E-state index is 12.7. The number of carbonyl (C=O) groups excluding carboxylic acids is 1. The minimum absolute atomic E-state index is 0.0937. The third kappa shape index (κ3) is 4.33. The number of nitrogens with one attached hydrogen (secondary N) is 1. The van der Waals surface area contributed by atoms with Crippen molar-refractivity contribution in [3.63, 3.8) is 0 Å². The highest BCUT2D eigenvalue weighted by Gasteiger charge is 2.21. The first-order chi connectivity index (χ1) is 17.8. The Labute approximate surface area is 209 Å². The topological polar surface area (TPSA) is 79.2 Å². The first-order valence-corrected chi connectivity index (χ1v) is 12.2. The van der Waals surface area contributed by atoms with Crippen LogP contribution in [-0.4, -0.2) is 58.4 Å². The highest BCUT2D eigenvalue weighted by atomic mass is 16.1. The second-order valence-corrected chi connectivity index (χ2v) is 8.93. The van der Waals surface area contributed by atoms with E-state index in [-0.39, 0.29) is 5.91 Å². The quantitative estimate of drug-likeness (QED) is 0.401. The SMILES string of the molecule is O=C(NCCn1ncc2c(N3CCN(c4ccccc4)CC3)ncnc21)c1ccc2ccccc2c1. The Kier molecular flexibility index (Phi) is 5.91. The van der Waals surface area contributed by atoms with Crippen molar-refractivity contribution in [3.05, 3.63) is 90.9 Å². The van der Waals surface area contributed by atoms with Gasteiger partial charge in [-0.3, -0.25) is 4.79 Å². The van der Waals surface area contributed by atoms with Crippen LogP contribution in [0.3, 0.4) is 0 Å². The molecule has 2 aromatic heterocycles. The summed E-state index contributed by atoms with van der Waals surface area (Å²) in [7, 11) is 0. The standard InChI is InChI=1S/C28H27N7O/c36-28(23-11-10-21-6-4-5-7-22(21)18-23)29-12-13-35-27-25(19-32-35)26(30-20-31-27)34-16-14-33(15-17-34)24-8-2-1-3-9-24/h1-11,18-20H,12-17H2,(H,29,36). The van der Waals surface area contributed by atoms with E-state index in [0.29, 0.717) is 18.7 Å². The van der Waals surface area contributed by atoms with Crippen LogP contribution in [0.15, 0.2) is 85.3 Å². The Morgan fingerprint density at radius 3 is 2.42 bits per heavy atom. The van der Waals surface area contributed by atoms with Gasteiger partial charge in [-0.25, -0.2) is 14.6 Å². The molecule has 8 nitrogen and oxygen atoms in total. The summed E-state index contributed by atoms with van der Waals surface area (Å²) in [6.45, 7) is 4.62. The molecular formula is C28H27N7O. The Morgan fingerprint density at radius 1 is 0.833 bits per heavy atom. The lowest BCUT2D eigenvalue weighted by Crippen LogP contribution is -2.46. The van der Waals surface area contributed by atoms with Gasteiger partial charge in [0.2, 0.25) is 0 Å². The van der Waals surface area contributed by atoms with Gasteiger partial charge in [-0.1, -0.05) is 48.5 Å². The van der Waals surface area contributed by atoms with Crippen LogP contribution in [-0.2, 0) is 6.54 Å². The minimum atomic E-state index is -0.0937. The molecule has 1 saturated heterocycles. The van der Waals surface area contributed by atoms with Gasteiger partial charge >= 0.3 is 0 Å². The van der Waals surface area contributed by atoms with Gasteiger partial charge in [0.25, 0.3) is 5.91 Å². The summed E-state index contributed by atoms with van der Waals surface area (Å²) in [5, 5.41) is 10.7. The molecule has 180 valence electrons. The van der Waals surface area contributed by atoms with Crippen LogP contribution in [0.4, 0.5) is 11.5 Å². The number of para-hydroxylation sites is 1. The fourth-order valence-corrected chi connectivity index (χ4v) is 4.82. The lowest BCUT2D eigenvalue weighted by molar-refractivity contribution is 0.0952. The third-order valence-corrected chi connectivity index (χ3v) is 6.73. The van der Waals surface area contributed by atoms with Crippen molar-refractivity contribution in [2.75, 3.05) is 42.5 Å². The lowest BCUT2D eigenvalue weighted by atomic mass is 10.1. The molecule has 0 unspecified atom stereocenters. The van der Waals surface area contributed by atoms with Crippen LogP contribution in [0.2, 0.25) is 0 Å². The predicted octanol–water partition coefficient (Wildman–Crippen LogP) is 3.74. The molecule has 3 heterocycles. The van der Waals surface area contributed by atoms with E-state index in [0.717, 1.165) is 53.8 Å². The maximum Gasteiger partial charge on any atom is 0.251 e. The van der Waals surface area contributed by atoms with Crippen LogP contribution in [0, 0.1) is 0 Å². The number of hydrogen-bond acceptors (Lipinski definition) is 6. The van der Waals surface area contributed by atoms with Gasteiger partial charge in [0, 0.05) is 44.0 Å². The molecule has 8 heteroatoms. The number of aromatic nitrogens is 4. The summed E-state index contributed by atoms with van der Waals surface area (Å²) in [6, 6.07) is 24.3. The zero-order valence-electron chi connectivity index (χ0n) is 19.9. The van der Waals surface area contributed by atoms with Crippen LogP contribution in [0.5, 0.6) is 0 Å². The highest BCUT2D eigenvalue weighted by molar-refractivity contribution is 5.98. The Morgan fingerprint density at radius 2 is 1.58 bits per heavy atom. The van der Waals surface area contributed by atoms with Crippen molar-refractivity contribution in [1.82, 2.24) is 25.1 Å². The van der Waals surface area contributed by atoms with E-state index in [1.165, 1.54) is 5.69 Å². The molecule has 1 fully saturated rings. The van der Waals surface area contributed by atoms with E-state index in [4.69, 9.17) is 0 Å². The first kappa shape index (κ1) is 22.0. The molecular weight excluding hydrogens is 450 g/mol. The summed E-state index contributed by atoms with van der Waals surface area (Å²) in [5.41, 5.74) is 2.69. The van der Waals surface area contributed by atoms with Crippen molar-refractivity contribution in [3.8, 4) is 0 Å². The van der Waals surface area contributed by atoms with Crippen LogP contribution < -0.4 is 15.1 Å². The number of piperazine rings is 1. The molecule has 0 bridgehead atoms. The molecule has 3 aromatic carbocycles. The molecule has 0 aliphatic carbocycles. The van der Waals surface area contributed by atoms with Crippen molar-refractivity contribution in [1.29, 1.82) is 0 Å². The van der Waals surface area contributed by atoms with Crippen LogP contribution >= 0.6 is 0 Å². The average molecular weight is 478 g/mol. The minimum Gasteiger partial charge on any atom is -0.368 e. The largest absolute Gasteiger partial charge is 0.368 e. The molecule has 36 heavy (non-hydrogen) atoms. The zero-order chi connectivity index (χ0) is 24.3. The van der Waals surface area contributed by atoms with Crippen molar-refractivity contribution >= 4 is 39.2 Å². The van der Waals surface area contributed by atoms with Crippen molar-refractivity contribution in [2.45, 2.75) is 6.54 Å². The van der Waals surface area contributed by atoms with Gasteiger partial charge in [-0.2, -0.15) is 5.10 Å². The smallest absolute Gasteiger partial charge is 0.251 e. The second kappa shape index (κ2) is 9.65. The average Bonchev–Trinajstić information content (AvgIpc) is 3.36. The molecule has 1 N–H and O–H groups in total. The summed E-state index contributed by atoms with van der Waals surface area (Å²) in [6.07, 6.45) is 3.44. The number of carbonyl (C=O) groups is 1. The van der Waals surface area contributed by atoms with E-state index < -0.39 is 0 Å². The molecule has 1 aliphatic heterocycles. The fourth-order valence-electron chi connectivity index (χ4n) is 4.82. The van der Waals surface area contributed by atoms with E-state index in [9.17, 15) is 4.79 Å². The number of amides is 1. The maximum absolute atomic E-state index is 12.7. The van der Waals surface area contributed by atoms with Gasteiger partial charge in [-0.05, 0) is 35.0 Å². The zero-order valence-corrected chi connectivity index (χ0v) is 19.9. The molecule has 0 atom stereocenters. The van der Waals surface area contributed by atoms with Gasteiger partial charge in [-0.15, -0.1) is 0 Å². The van der Waals surface area contributed by atoms with Gasteiger partial charge < -0.3 is 15.1 Å². The molecule has 1 amide bonds. The second-order valence-electron chi connectivity index (χ2n) is 8.93. The number of rotatable bonds is 6. The third-order valence-electron chi connectivity index (χ3n) is 6.73. The van der Waals surface area contributed by atoms with E-state index in [1.54, 1.807) is 6.33 Å². The Hall–Kier alpha value is -4.46. The predicted molar refractivity (Wildman–Crippen MR) is 142 cm³/mol. The van der Waals surface area contributed by atoms with Gasteiger partial charge in [0.05, 0.1) is 18.1 Å². The highest BCUT2D eigenvalue weighted by Crippen LogP contribution is 2.25. The van der Waals surface area contributed by atoms with E-state index >= 15 is 0 Å².